The Labute approximate surface area is 120 Å². The van der Waals surface area contributed by atoms with Crippen LogP contribution in [0, 0.1) is 0 Å². The highest BCUT2D eigenvalue weighted by molar-refractivity contribution is 9.10. The van der Waals surface area contributed by atoms with Crippen molar-refractivity contribution < 1.29 is 14.3 Å². The van der Waals surface area contributed by atoms with Crippen LogP contribution in [0.2, 0.25) is 0 Å². The molecule has 0 saturated carbocycles. The Morgan fingerprint density at radius 1 is 1.16 bits per heavy atom. The number of hydrogen-bond acceptors (Lipinski definition) is 3. The summed E-state index contributed by atoms with van der Waals surface area (Å²) in [6.07, 6.45) is 0.763. The van der Waals surface area contributed by atoms with Crippen LogP contribution in [0.15, 0.2) is 46.9 Å². The lowest BCUT2D eigenvalue weighted by Gasteiger charge is -2.12. The molecule has 0 aliphatic carbocycles. The summed E-state index contributed by atoms with van der Waals surface area (Å²) in [7, 11) is 1.55. The number of rotatable bonds is 5. The van der Waals surface area contributed by atoms with Crippen molar-refractivity contribution in [1.29, 1.82) is 0 Å². The van der Waals surface area contributed by atoms with Crippen LogP contribution in [0.4, 0.5) is 0 Å². The molecule has 19 heavy (non-hydrogen) atoms. The molecule has 0 aliphatic rings. The quantitative estimate of drug-likeness (QED) is 0.785. The van der Waals surface area contributed by atoms with Crippen LogP contribution >= 0.6 is 15.9 Å². The summed E-state index contributed by atoms with van der Waals surface area (Å²) in [6.45, 7) is 0.383. The number of methoxy groups -OCH3 is 1. The molecule has 0 aliphatic heterocycles. The first-order chi connectivity index (χ1) is 9.24. The van der Waals surface area contributed by atoms with Gasteiger partial charge in [-0.3, -0.25) is 4.79 Å². The molecule has 0 N–H and O–H groups in total. The Morgan fingerprint density at radius 2 is 1.89 bits per heavy atom. The number of hydrogen-bond donors (Lipinski definition) is 0. The zero-order valence-corrected chi connectivity index (χ0v) is 12.0. The van der Waals surface area contributed by atoms with Gasteiger partial charge in [-0.1, -0.05) is 34.1 Å². The highest BCUT2D eigenvalue weighted by Gasteiger charge is 2.10. The molecule has 0 bridgehead atoms. The molecule has 0 radical (unpaired) electrons. The maximum absolute atomic E-state index is 11.0. The molecule has 3 nitrogen and oxygen atoms in total. The lowest BCUT2D eigenvalue weighted by Crippen LogP contribution is -2.00. The molecule has 0 unspecified atom stereocenters. The van der Waals surface area contributed by atoms with Gasteiger partial charge in [0.05, 0.1) is 12.7 Å². The largest absolute Gasteiger partial charge is 0.493 e. The van der Waals surface area contributed by atoms with Crippen molar-refractivity contribution in [1.82, 2.24) is 0 Å². The van der Waals surface area contributed by atoms with Crippen LogP contribution in [0.5, 0.6) is 11.5 Å². The van der Waals surface area contributed by atoms with Crippen molar-refractivity contribution in [3.05, 3.63) is 58.1 Å². The topological polar surface area (TPSA) is 35.5 Å². The van der Waals surface area contributed by atoms with E-state index in [1.54, 1.807) is 25.3 Å². The lowest BCUT2D eigenvalue weighted by atomic mass is 10.2. The fourth-order valence-electron chi connectivity index (χ4n) is 1.68. The maximum Gasteiger partial charge on any atom is 0.172 e. The van der Waals surface area contributed by atoms with Gasteiger partial charge in [-0.25, -0.2) is 0 Å². The number of aldehydes is 1. The molecule has 2 rings (SSSR count). The third-order valence-electron chi connectivity index (χ3n) is 2.65. The third kappa shape index (κ3) is 3.35. The van der Waals surface area contributed by atoms with E-state index >= 15 is 0 Å². The minimum atomic E-state index is 0.383. The van der Waals surface area contributed by atoms with E-state index in [1.165, 1.54) is 0 Å². The zero-order chi connectivity index (χ0) is 13.7. The summed E-state index contributed by atoms with van der Waals surface area (Å²) in [5.41, 5.74) is 1.50. The van der Waals surface area contributed by atoms with Crippen molar-refractivity contribution in [2.24, 2.45) is 0 Å². The van der Waals surface area contributed by atoms with Crippen molar-refractivity contribution in [2.75, 3.05) is 7.11 Å². The van der Waals surface area contributed by atoms with Gasteiger partial charge in [-0.15, -0.1) is 0 Å². The monoisotopic (exact) mass is 320 g/mol. The first-order valence-electron chi connectivity index (χ1n) is 5.74. The van der Waals surface area contributed by atoms with Gasteiger partial charge in [0.15, 0.2) is 17.8 Å². The van der Waals surface area contributed by atoms with E-state index in [9.17, 15) is 4.79 Å². The van der Waals surface area contributed by atoms with Gasteiger partial charge in [0, 0.05) is 4.47 Å². The second kappa shape index (κ2) is 6.38. The number of benzene rings is 2. The predicted molar refractivity (Wildman–Crippen MR) is 76.9 cm³/mol. The van der Waals surface area contributed by atoms with Crippen LogP contribution in [0.1, 0.15) is 15.9 Å². The van der Waals surface area contributed by atoms with E-state index < -0.39 is 0 Å². The SMILES string of the molecule is COc1cccc(C=O)c1OCc1ccc(Br)cc1. The zero-order valence-electron chi connectivity index (χ0n) is 10.4. The van der Waals surface area contributed by atoms with Crippen molar-refractivity contribution in [3.63, 3.8) is 0 Å². The summed E-state index contributed by atoms with van der Waals surface area (Å²) >= 11 is 3.38. The lowest BCUT2D eigenvalue weighted by molar-refractivity contribution is 0.111. The molecule has 0 atom stereocenters. The van der Waals surface area contributed by atoms with E-state index in [2.05, 4.69) is 15.9 Å². The van der Waals surface area contributed by atoms with Gasteiger partial charge in [0.25, 0.3) is 0 Å². The van der Waals surface area contributed by atoms with E-state index in [0.717, 1.165) is 16.3 Å². The molecule has 2 aromatic rings. The fraction of sp³-hybridized carbons (Fsp3) is 0.133. The standard InChI is InChI=1S/C15H13BrO3/c1-18-14-4-2-3-12(9-17)15(14)19-10-11-5-7-13(16)8-6-11/h2-9H,10H2,1H3. The molecule has 2 aromatic carbocycles. The smallest absolute Gasteiger partial charge is 0.172 e. The average Bonchev–Trinajstić information content (AvgIpc) is 2.46. The first kappa shape index (κ1) is 13.6. The first-order valence-corrected chi connectivity index (χ1v) is 6.53. The Kier molecular flexibility index (Phi) is 4.58. The van der Waals surface area contributed by atoms with Crippen LogP contribution in [0.3, 0.4) is 0 Å². The summed E-state index contributed by atoms with van der Waals surface area (Å²) < 4.78 is 11.9. The van der Waals surface area contributed by atoms with E-state index in [-0.39, 0.29) is 0 Å². The molecule has 98 valence electrons. The van der Waals surface area contributed by atoms with Crippen molar-refractivity contribution in [2.45, 2.75) is 6.61 Å². The molecule has 0 aromatic heterocycles. The summed E-state index contributed by atoms with van der Waals surface area (Å²) in [4.78, 5) is 11.0. The minimum absolute atomic E-state index is 0.383. The highest BCUT2D eigenvalue weighted by Crippen LogP contribution is 2.30. The van der Waals surface area contributed by atoms with Gasteiger partial charge < -0.3 is 9.47 Å². The summed E-state index contributed by atoms with van der Waals surface area (Å²) in [6, 6.07) is 13.0. The minimum Gasteiger partial charge on any atom is -0.493 e. The second-order valence-corrected chi connectivity index (χ2v) is 4.83. The average molecular weight is 321 g/mol. The van der Waals surface area contributed by atoms with Gasteiger partial charge in [0.1, 0.15) is 6.61 Å². The Morgan fingerprint density at radius 3 is 2.53 bits per heavy atom. The Bertz CT molecular complexity index is 564. The molecular weight excluding hydrogens is 308 g/mol. The van der Waals surface area contributed by atoms with Crippen LogP contribution < -0.4 is 9.47 Å². The van der Waals surface area contributed by atoms with E-state index in [0.29, 0.717) is 23.7 Å². The highest BCUT2D eigenvalue weighted by atomic mass is 79.9. The normalized spacial score (nSPS) is 10.0. The predicted octanol–water partition coefficient (Wildman–Crippen LogP) is 3.85. The molecular formula is C15H13BrO3. The van der Waals surface area contributed by atoms with Gasteiger partial charge in [-0.05, 0) is 29.8 Å². The number of halogens is 1. The van der Waals surface area contributed by atoms with Crippen molar-refractivity contribution in [3.8, 4) is 11.5 Å². The number of carbonyl (C=O) groups is 1. The van der Waals surface area contributed by atoms with E-state index in [4.69, 9.17) is 9.47 Å². The van der Waals surface area contributed by atoms with Crippen LogP contribution in [-0.4, -0.2) is 13.4 Å². The van der Waals surface area contributed by atoms with Crippen molar-refractivity contribution >= 4 is 22.2 Å². The maximum atomic E-state index is 11.0. The molecule has 0 spiro atoms. The van der Waals surface area contributed by atoms with Crippen LogP contribution in [-0.2, 0) is 6.61 Å². The van der Waals surface area contributed by atoms with Crippen LogP contribution in [0.25, 0.3) is 0 Å². The number of para-hydroxylation sites is 1. The summed E-state index contributed by atoms with van der Waals surface area (Å²) in [5.74, 6) is 1.03. The number of ether oxygens (including phenoxy) is 2. The van der Waals surface area contributed by atoms with Gasteiger partial charge in [-0.2, -0.15) is 0 Å². The van der Waals surface area contributed by atoms with E-state index in [1.807, 2.05) is 24.3 Å². The number of carbonyl (C=O) groups excluding carboxylic acids is 1. The fourth-order valence-corrected chi connectivity index (χ4v) is 1.94. The molecule has 0 heterocycles. The Balaban J connectivity index is 2.18. The molecule has 4 heteroatoms. The van der Waals surface area contributed by atoms with Gasteiger partial charge in [0.2, 0.25) is 0 Å². The third-order valence-corrected chi connectivity index (χ3v) is 3.18. The second-order valence-electron chi connectivity index (χ2n) is 3.91. The molecule has 0 amide bonds. The molecule has 0 fully saturated rings. The Hall–Kier alpha value is -1.81. The van der Waals surface area contributed by atoms with Gasteiger partial charge >= 0.3 is 0 Å². The molecule has 0 saturated heterocycles. The summed E-state index contributed by atoms with van der Waals surface area (Å²) in [5, 5.41) is 0.